The van der Waals surface area contributed by atoms with Crippen molar-refractivity contribution < 1.29 is 9.21 Å². The van der Waals surface area contributed by atoms with Crippen LogP contribution in [0.4, 0.5) is 0 Å². The third kappa shape index (κ3) is 4.86. The van der Waals surface area contributed by atoms with Crippen LogP contribution in [-0.4, -0.2) is 16.8 Å². The molecule has 31 heavy (non-hydrogen) atoms. The molecular weight excluding hydrogens is 384 g/mol. The molecule has 1 aliphatic carbocycles. The van der Waals surface area contributed by atoms with Crippen molar-refractivity contribution in [3.05, 3.63) is 108 Å². The Kier molecular flexibility index (Phi) is 5.55. The van der Waals surface area contributed by atoms with Gasteiger partial charge in [0.2, 0.25) is 0 Å². The number of hydrogen-bond acceptors (Lipinski definition) is 3. The molecule has 4 aromatic rings. The van der Waals surface area contributed by atoms with Crippen LogP contribution in [0, 0.1) is 0 Å². The van der Waals surface area contributed by atoms with E-state index in [1.54, 1.807) is 6.26 Å². The number of nitrogens with one attached hydrogen (secondary N) is 1. The Labute approximate surface area is 182 Å². The first-order valence-electron chi connectivity index (χ1n) is 10.9. The van der Waals surface area contributed by atoms with E-state index in [4.69, 9.17) is 4.42 Å². The molecular formula is C27H26N2O2. The van der Waals surface area contributed by atoms with Gasteiger partial charge in [0.25, 0.3) is 5.91 Å². The Morgan fingerprint density at radius 2 is 1.68 bits per heavy atom. The van der Waals surface area contributed by atoms with Crippen LogP contribution in [0.1, 0.15) is 40.1 Å². The van der Waals surface area contributed by atoms with Crippen molar-refractivity contribution in [1.82, 2.24) is 10.2 Å². The van der Waals surface area contributed by atoms with E-state index in [1.165, 1.54) is 21.9 Å². The summed E-state index contributed by atoms with van der Waals surface area (Å²) in [5, 5.41) is 5.58. The molecule has 0 atom stereocenters. The van der Waals surface area contributed by atoms with Gasteiger partial charge in [-0.05, 0) is 59.0 Å². The summed E-state index contributed by atoms with van der Waals surface area (Å²) in [7, 11) is 0. The number of carbonyl (C=O) groups is 1. The number of benzene rings is 3. The van der Waals surface area contributed by atoms with Crippen molar-refractivity contribution in [3.63, 3.8) is 0 Å². The summed E-state index contributed by atoms with van der Waals surface area (Å²) in [6, 6.07) is 27.3. The third-order valence-electron chi connectivity index (χ3n) is 5.77. The highest BCUT2D eigenvalue weighted by Gasteiger charge is 2.23. The highest BCUT2D eigenvalue weighted by molar-refractivity contribution is 5.94. The summed E-state index contributed by atoms with van der Waals surface area (Å²) < 4.78 is 5.63. The zero-order chi connectivity index (χ0) is 21.0. The highest BCUT2D eigenvalue weighted by Crippen LogP contribution is 2.23. The minimum atomic E-state index is 0.0252. The Morgan fingerprint density at radius 1 is 0.871 bits per heavy atom. The fourth-order valence-corrected chi connectivity index (χ4v) is 3.98. The van der Waals surface area contributed by atoms with E-state index in [0.717, 1.165) is 43.8 Å². The maximum absolute atomic E-state index is 12.3. The average molecular weight is 411 g/mol. The lowest BCUT2D eigenvalue weighted by atomic mass is 10.0. The molecule has 0 saturated heterocycles. The molecule has 1 fully saturated rings. The Hall–Kier alpha value is -3.37. The first-order valence-corrected chi connectivity index (χ1v) is 10.9. The summed E-state index contributed by atoms with van der Waals surface area (Å²) in [4.78, 5) is 14.6. The lowest BCUT2D eigenvalue weighted by molar-refractivity contribution is 0.0951. The molecule has 0 aliphatic heterocycles. The molecule has 1 N–H and O–H groups in total. The third-order valence-corrected chi connectivity index (χ3v) is 5.77. The molecule has 156 valence electrons. The molecule has 1 aliphatic rings. The average Bonchev–Trinajstić information content (AvgIpc) is 3.46. The fourth-order valence-electron chi connectivity index (χ4n) is 3.98. The van der Waals surface area contributed by atoms with E-state index in [-0.39, 0.29) is 5.91 Å². The molecule has 1 saturated carbocycles. The molecule has 5 rings (SSSR count). The topological polar surface area (TPSA) is 45.5 Å². The van der Waals surface area contributed by atoms with E-state index in [0.29, 0.717) is 6.04 Å². The van der Waals surface area contributed by atoms with E-state index >= 15 is 0 Å². The molecule has 1 amide bonds. The van der Waals surface area contributed by atoms with Gasteiger partial charge in [0, 0.05) is 24.7 Å². The number of amides is 1. The summed E-state index contributed by atoms with van der Waals surface area (Å²) in [5.74, 6) is 0.970. The summed E-state index contributed by atoms with van der Waals surface area (Å²) >= 11 is 0. The second-order valence-electron chi connectivity index (χ2n) is 8.31. The number of furan rings is 1. The lowest BCUT2D eigenvalue weighted by Gasteiger charge is -2.22. The van der Waals surface area contributed by atoms with Crippen molar-refractivity contribution in [3.8, 4) is 0 Å². The predicted octanol–water partition coefficient (Wildman–Crippen LogP) is 5.53. The van der Waals surface area contributed by atoms with Crippen LogP contribution in [0.2, 0.25) is 0 Å². The molecule has 0 bridgehead atoms. The van der Waals surface area contributed by atoms with Crippen molar-refractivity contribution >= 4 is 16.7 Å². The second-order valence-corrected chi connectivity index (χ2v) is 8.31. The van der Waals surface area contributed by atoms with Crippen LogP contribution >= 0.6 is 0 Å². The minimum Gasteiger partial charge on any atom is -0.468 e. The maximum atomic E-state index is 12.3. The number of nitrogens with zero attached hydrogens (tertiary/aromatic N) is 1. The smallest absolute Gasteiger partial charge is 0.251 e. The maximum Gasteiger partial charge on any atom is 0.251 e. The van der Waals surface area contributed by atoms with Crippen LogP contribution in [0.3, 0.4) is 0 Å². The van der Waals surface area contributed by atoms with Gasteiger partial charge in [-0.25, -0.2) is 0 Å². The molecule has 1 heterocycles. The Bertz CT molecular complexity index is 1160. The van der Waals surface area contributed by atoms with Crippen LogP contribution in [0.5, 0.6) is 0 Å². The first-order chi connectivity index (χ1) is 15.2. The second kappa shape index (κ2) is 8.78. The van der Waals surface area contributed by atoms with Gasteiger partial charge in [-0.15, -0.1) is 0 Å². The standard InChI is InChI=1S/C27H26N2O2/c30-27(28-24-14-15-24)22-12-10-20(11-13-22)17-29(19-25-8-4-16-31-25)18-23-7-3-6-21-5-1-2-9-26(21)23/h1-13,16,24H,14-15,17-19H2,(H,28,30). The summed E-state index contributed by atoms with van der Waals surface area (Å²) in [6.45, 7) is 2.31. The Balaban J connectivity index is 1.35. The molecule has 3 aromatic carbocycles. The van der Waals surface area contributed by atoms with Gasteiger partial charge in [0.05, 0.1) is 12.8 Å². The summed E-state index contributed by atoms with van der Waals surface area (Å²) in [5.41, 5.74) is 3.20. The molecule has 1 aromatic heterocycles. The molecule has 0 spiro atoms. The number of carbonyl (C=O) groups excluding carboxylic acids is 1. The van der Waals surface area contributed by atoms with E-state index in [2.05, 4.69) is 64.8 Å². The molecule has 4 heteroatoms. The van der Waals surface area contributed by atoms with Gasteiger partial charge in [-0.1, -0.05) is 54.6 Å². The predicted molar refractivity (Wildman–Crippen MR) is 123 cm³/mol. The van der Waals surface area contributed by atoms with E-state index in [9.17, 15) is 4.79 Å². The van der Waals surface area contributed by atoms with Crippen molar-refractivity contribution in [2.75, 3.05) is 0 Å². The minimum absolute atomic E-state index is 0.0252. The quantitative estimate of drug-likeness (QED) is 0.416. The van der Waals surface area contributed by atoms with E-state index < -0.39 is 0 Å². The van der Waals surface area contributed by atoms with Crippen LogP contribution in [0.25, 0.3) is 10.8 Å². The van der Waals surface area contributed by atoms with E-state index in [1.807, 2.05) is 24.3 Å². The zero-order valence-corrected chi connectivity index (χ0v) is 17.5. The van der Waals surface area contributed by atoms with Crippen molar-refractivity contribution in [2.45, 2.75) is 38.5 Å². The molecule has 4 nitrogen and oxygen atoms in total. The number of rotatable bonds is 8. The largest absolute Gasteiger partial charge is 0.468 e. The van der Waals surface area contributed by atoms with Crippen molar-refractivity contribution in [2.24, 2.45) is 0 Å². The number of fused-ring (bicyclic) bond motifs is 1. The van der Waals surface area contributed by atoms with Gasteiger partial charge >= 0.3 is 0 Å². The summed E-state index contributed by atoms with van der Waals surface area (Å²) in [6.07, 6.45) is 3.91. The molecule has 0 radical (unpaired) electrons. The zero-order valence-electron chi connectivity index (χ0n) is 17.5. The van der Waals surface area contributed by atoms with Gasteiger partial charge < -0.3 is 9.73 Å². The SMILES string of the molecule is O=C(NC1CC1)c1ccc(CN(Cc2ccco2)Cc2cccc3ccccc23)cc1. The normalized spacial score (nSPS) is 13.6. The fraction of sp³-hybridized carbons (Fsp3) is 0.222. The molecule has 0 unspecified atom stereocenters. The van der Waals surface area contributed by atoms with Gasteiger partial charge in [-0.2, -0.15) is 0 Å². The van der Waals surface area contributed by atoms with Gasteiger partial charge in [-0.3, -0.25) is 9.69 Å². The lowest BCUT2D eigenvalue weighted by Crippen LogP contribution is -2.25. The van der Waals surface area contributed by atoms with Crippen LogP contribution in [0.15, 0.2) is 89.5 Å². The van der Waals surface area contributed by atoms with Crippen LogP contribution in [-0.2, 0) is 19.6 Å². The monoisotopic (exact) mass is 410 g/mol. The van der Waals surface area contributed by atoms with Gasteiger partial charge in [0.15, 0.2) is 0 Å². The Morgan fingerprint density at radius 3 is 2.45 bits per heavy atom. The van der Waals surface area contributed by atoms with Crippen molar-refractivity contribution in [1.29, 1.82) is 0 Å². The van der Waals surface area contributed by atoms with Gasteiger partial charge in [0.1, 0.15) is 5.76 Å². The van der Waals surface area contributed by atoms with Crippen LogP contribution < -0.4 is 5.32 Å². The highest BCUT2D eigenvalue weighted by atomic mass is 16.3. The first kappa shape index (κ1) is 19.6. The number of hydrogen-bond donors (Lipinski definition) is 1.